The molecule has 0 spiro atoms. The number of likely N-dealkylation sites (N-methyl/N-ethyl adjacent to an activating group) is 1. The van der Waals surface area contributed by atoms with Crippen molar-refractivity contribution >= 4 is 17.2 Å². The zero-order valence-corrected chi connectivity index (χ0v) is 12.8. The van der Waals surface area contributed by atoms with E-state index in [1.165, 1.54) is 0 Å². The third-order valence-electron chi connectivity index (χ3n) is 4.19. The molecule has 110 valence electrons. The normalized spacial score (nSPS) is 30.2. The molecule has 5 nitrogen and oxygen atoms in total. The Morgan fingerprint density at radius 2 is 2.45 bits per heavy atom. The summed E-state index contributed by atoms with van der Waals surface area (Å²) in [5, 5.41) is 3.17. The van der Waals surface area contributed by atoms with Crippen LogP contribution in [-0.2, 0) is 16.1 Å². The predicted octanol–water partition coefficient (Wildman–Crippen LogP) is 1.21. The number of nitrogens with zero attached hydrogens (tertiary/aromatic N) is 3. The number of rotatable bonds is 3. The molecule has 3 rings (SSSR count). The fourth-order valence-corrected chi connectivity index (χ4v) is 3.77. The minimum atomic E-state index is -0.236. The van der Waals surface area contributed by atoms with Crippen LogP contribution in [0.4, 0.5) is 0 Å². The first-order chi connectivity index (χ1) is 9.63. The highest BCUT2D eigenvalue weighted by molar-refractivity contribution is 7.09. The number of aromatic nitrogens is 1. The van der Waals surface area contributed by atoms with E-state index in [2.05, 4.69) is 9.88 Å². The molecule has 2 aliphatic heterocycles. The monoisotopic (exact) mass is 295 g/mol. The molecule has 2 saturated heterocycles. The van der Waals surface area contributed by atoms with Crippen LogP contribution < -0.4 is 0 Å². The Labute approximate surface area is 123 Å². The summed E-state index contributed by atoms with van der Waals surface area (Å²) in [5.74, 6) is 0.641. The predicted molar refractivity (Wildman–Crippen MR) is 77.5 cm³/mol. The van der Waals surface area contributed by atoms with E-state index in [-0.39, 0.29) is 18.1 Å². The lowest BCUT2D eigenvalue weighted by atomic mass is 9.91. The standard InChI is InChI=1S/C14H21N3O2S/c1-16(2)14(18)11-7-10-3-5-17(8-12(10)19-11)9-13-15-4-6-20-13/h4,6,10-12H,3,5,7-9H2,1-2H3/t10-,11-,12-/m0/s1. The van der Waals surface area contributed by atoms with Gasteiger partial charge in [0.25, 0.3) is 5.91 Å². The average molecular weight is 295 g/mol. The van der Waals surface area contributed by atoms with Crippen molar-refractivity contribution < 1.29 is 9.53 Å². The molecule has 2 aliphatic rings. The Morgan fingerprint density at radius 1 is 1.60 bits per heavy atom. The molecule has 1 aromatic rings. The van der Waals surface area contributed by atoms with E-state index < -0.39 is 0 Å². The van der Waals surface area contributed by atoms with Gasteiger partial charge < -0.3 is 9.64 Å². The van der Waals surface area contributed by atoms with Gasteiger partial charge in [-0.2, -0.15) is 0 Å². The van der Waals surface area contributed by atoms with E-state index in [1.807, 2.05) is 11.6 Å². The van der Waals surface area contributed by atoms with E-state index in [9.17, 15) is 4.79 Å². The molecule has 2 fully saturated rings. The van der Waals surface area contributed by atoms with Crippen LogP contribution in [0.25, 0.3) is 0 Å². The smallest absolute Gasteiger partial charge is 0.251 e. The molecule has 3 atom stereocenters. The topological polar surface area (TPSA) is 45.7 Å². The van der Waals surface area contributed by atoms with Crippen molar-refractivity contribution in [3.8, 4) is 0 Å². The number of amides is 1. The molecule has 1 amide bonds. The molecular weight excluding hydrogens is 274 g/mol. The van der Waals surface area contributed by atoms with Crippen molar-refractivity contribution in [2.75, 3.05) is 27.2 Å². The SMILES string of the molecule is CN(C)C(=O)[C@@H]1C[C@@H]2CCN(Cc3nccs3)C[C@@H]2O1. The van der Waals surface area contributed by atoms with Crippen molar-refractivity contribution in [2.45, 2.75) is 31.6 Å². The van der Waals surface area contributed by atoms with Gasteiger partial charge in [0, 0.05) is 32.2 Å². The summed E-state index contributed by atoms with van der Waals surface area (Å²) in [5.41, 5.74) is 0. The largest absolute Gasteiger partial charge is 0.364 e. The lowest BCUT2D eigenvalue weighted by molar-refractivity contribution is -0.141. The third kappa shape index (κ3) is 2.87. The molecule has 0 N–H and O–H groups in total. The van der Waals surface area contributed by atoms with Gasteiger partial charge in [0.2, 0.25) is 0 Å². The van der Waals surface area contributed by atoms with Crippen molar-refractivity contribution in [3.05, 3.63) is 16.6 Å². The Bertz CT molecular complexity index is 463. The first kappa shape index (κ1) is 14.0. The summed E-state index contributed by atoms with van der Waals surface area (Å²) in [6.45, 7) is 2.89. The fourth-order valence-electron chi connectivity index (χ4n) is 3.11. The molecule has 0 bridgehead atoms. The van der Waals surface area contributed by atoms with E-state index in [0.29, 0.717) is 5.92 Å². The van der Waals surface area contributed by atoms with Crippen LogP contribution in [-0.4, -0.2) is 60.1 Å². The Hall–Kier alpha value is -0.980. The Balaban J connectivity index is 1.57. The van der Waals surface area contributed by atoms with E-state index >= 15 is 0 Å². The second kappa shape index (κ2) is 5.79. The number of hydrogen-bond donors (Lipinski definition) is 0. The van der Waals surface area contributed by atoms with Gasteiger partial charge in [0.05, 0.1) is 12.6 Å². The second-order valence-corrected chi connectivity index (χ2v) is 6.82. The molecule has 1 aromatic heterocycles. The van der Waals surface area contributed by atoms with Crippen LogP contribution in [0.2, 0.25) is 0 Å². The Kier molecular flexibility index (Phi) is 4.05. The highest BCUT2D eigenvalue weighted by atomic mass is 32.1. The molecule has 0 aliphatic carbocycles. The van der Waals surface area contributed by atoms with Crippen LogP contribution in [0, 0.1) is 5.92 Å². The molecule has 6 heteroatoms. The van der Waals surface area contributed by atoms with Crippen molar-refractivity contribution in [3.63, 3.8) is 0 Å². The van der Waals surface area contributed by atoms with Gasteiger partial charge in [0.15, 0.2) is 0 Å². The van der Waals surface area contributed by atoms with E-state index in [1.54, 1.807) is 30.3 Å². The number of piperidine rings is 1. The minimum Gasteiger partial charge on any atom is -0.364 e. The van der Waals surface area contributed by atoms with Gasteiger partial charge in [-0.1, -0.05) is 0 Å². The summed E-state index contributed by atoms with van der Waals surface area (Å²) in [6, 6.07) is 0. The maximum Gasteiger partial charge on any atom is 0.251 e. The summed E-state index contributed by atoms with van der Waals surface area (Å²) in [7, 11) is 3.59. The van der Waals surface area contributed by atoms with Crippen LogP contribution in [0.1, 0.15) is 17.8 Å². The first-order valence-electron chi connectivity index (χ1n) is 7.11. The average Bonchev–Trinajstić information content (AvgIpc) is 3.06. The first-order valence-corrected chi connectivity index (χ1v) is 7.99. The van der Waals surface area contributed by atoms with Crippen LogP contribution >= 0.6 is 11.3 Å². The molecular formula is C14H21N3O2S. The summed E-state index contributed by atoms with van der Waals surface area (Å²) in [6.07, 6.45) is 3.82. The molecule has 0 unspecified atom stereocenters. The van der Waals surface area contributed by atoms with Gasteiger partial charge >= 0.3 is 0 Å². The third-order valence-corrected chi connectivity index (χ3v) is 4.96. The summed E-state index contributed by atoms with van der Waals surface area (Å²) >= 11 is 1.70. The summed E-state index contributed by atoms with van der Waals surface area (Å²) < 4.78 is 5.99. The molecule has 0 saturated carbocycles. The van der Waals surface area contributed by atoms with Gasteiger partial charge in [-0.15, -0.1) is 11.3 Å². The number of hydrogen-bond acceptors (Lipinski definition) is 5. The van der Waals surface area contributed by atoms with Crippen LogP contribution in [0.3, 0.4) is 0 Å². The second-order valence-electron chi connectivity index (χ2n) is 5.84. The van der Waals surface area contributed by atoms with E-state index in [0.717, 1.165) is 37.5 Å². The molecule has 0 radical (unpaired) electrons. The summed E-state index contributed by atoms with van der Waals surface area (Å²) in [4.78, 5) is 20.4. The number of likely N-dealkylation sites (tertiary alicyclic amines) is 1. The van der Waals surface area contributed by atoms with Gasteiger partial charge in [-0.25, -0.2) is 4.98 Å². The van der Waals surface area contributed by atoms with E-state index in [4.69, 9.17) is 4.74 Å². The number of carbonyl (C=O) groups excluding carboxylic acids is 1. The lowest BCUT2D eigenvalue weighted by Crippen LogP contribution is -2.42. The van der Waals surface area contributed by atoms with Crippen molar-refractivity contribution in [2.24, 2.45) is 5.92 Å². The number of ether oxygens (including phenoxy) is 1. The highest BCUT2D eigenvalue weighted by Gasteiger charge is 2.42. The van der Waals surface area contributed by atoms with Crippen molar-refractivity contribution in [1.29, 1.82) is 0 Å². The quantitative estimate of drug-likeness (QED) is 0.841. The maximum absolute atomic E-state index is 12.0. The number of fused-ring (bicyclic) bond motifs is 1. The van der Waals surface area contributed by atoms with Crippen LogP contribution in [0.15, 0.2) is 11.6 Å². The molecule has 0 aromatic carbocycles. The minimum absolute atomic E-state index is 0.103. The zero-order chi connectivity index (χ0) is 14.1. The van der Waals surface area contributed by atoms with Gasteiger partial charge in [-0.05, 0) is 25.3 Å². The fraction of sp³-hybridized carbons (Fsp3) is 0.714. The van der Waals surface area contributed by atoms with Gasteiger partial charge in [0.1, 0.15) is 11.1 Å². The lowest BCUT2D eigenvalue weighted by Gasteiger charge is -2.33. The highest BCUT2D eigenvalue weighted by Crippen LogP contribution is 2.34. The number of thiazole rings is 1. The maximum atomic E-state index is 12.0. The van der Waals surface area contributed by atoms with Crippen LogP contribution in [0.5, 0.6) is 0 Å². The zero-order valence-electron chi connectivity index (χ0n) is 12.0. The Morgan fingerprint density at radius 3 is 3.15 bits per heavy atom. The molecule has 20 heavy (non-hydrogen) atoms. The van der Waals surface area contributed by atoms with Gasteiger partial charge in [-0.3, -0.25) is 9.69 Å². The molecule has 3 heterocycles. The van der Waals surface area contributed by atoms with Crippen molar-refractivity contribution in [1.82, 2.24) is 14.8 Å². The number of carbonyl (C=O) groups is 1.